The van der Waals surface area contributed by atoms with E-state index in [1.807, 2.05) is 19.1 Å². The van der Waals surface area contributed by atoms with Crippen molar-refractivity contribution in [1.82, 2.24) is 4.98 Å². The van der Waals surface area contributed by atoms with E-state index in [-0.39, 0.29) is 5.78 Å². The number of benzene rings is 1. The van der Waals surface area contributed by atoms with Crippen molar-refractivity contribution >= 4 is 5.78 Å². The van der Waals surface area contributed by atoms with Crippen LogP contribution in [0, 0.1) is 6.92 Å². The number of hydrogen-bond acceptors (Lipinski definition) is 2. The summed E-state index contributed by atoms with van der Waals surface area (Å²) in [6, 6.07) is 12.3. The average molecular weight is 450 g/mol. The first kappa shape index (κ1) is 27.3. The van der Waals surface area contributed by atoms with Gasteiger partial charge in [0.2, 0.25) is 0 Å². The first-order valence-corrected chi connectivity index (χ1v) is 13.7. The Balaban J connectivity index is 1.54. The zero-order chi connectivity index (χ0) is 23.6. The van der Waals surface area contributed by atoms with Crippen LogP contribution in [-0.2, 0) is 6.42 Å². The van der Waals surface area contributed by atoms with Crippen LogP contribution >= 0.6 is 0 Å². The van der Waals surface area contributed by atoms with E-state index in [1.54, 1.807) is 6.20 Å². The summed E-state index contributed by atoms with van der Waals surface area (Å²) in [4.78, 5) is 17.4. The predicted molar refractivity (Wildman–Crippen MR) is 142 cm³/mol. The molecule has 2 rings (SSSR count). The molecule has 0 amide bonds. The quantitative estimate of drug-likeness (QED) is 0.158. The highest BCUT2D eigenvalue weighted by Gasteiger charge is 2.14. The summed E-state index contributed by atoms with van der Waals surface area (Å²) in [6.45, 7) is 4.30. The number of pyridine rings is 1. The Morgan fingerprint density at radius 3 is 1.76 bits per heavy atom. The number of carbonyl (C=O) groups is 1. The van der Waals surface area contributed by atoms with Crippen molar-refractivity contribution in [2.75, 3.05) is 0 Å². The van der Waals surface area contributed by atoms with Gasteiger partial charge in [-0.25, -0.2) is 0 Å². The maximum absolute atomic E-state index is 12.9. The molecule has 33 heavy (non-hydrogen) atoms. The molecule has 0 aliphatic heterocycles. The topological polar surface area (TPSA) is 30.0 Å². The smallest absolute Gasteiger partial charge is 0.163 e. The van der Waals surface area contributed by atoms with Gasteiger partial charge in [-0.05, 0) is 37.0 Å². The van der Waals surface area contributed by atoms with Crippen molar-refractivity contribution in [3.05, 3.63) is 65.0 Å². The summed E-state index contributed by atoms with van der Waals surface area (Å²) in [7, 11) is 0. The fraction of sp³-hybridized carbons (Fsp3) is 0.613. The first-order chi connectivity index (χ1) is 16.2. The zero-order valence-corrected chi connectivity index (χ0v) is 21.4. The molecule has 0 unspecified atom stereocenters. The Morgan fingerprint density at radius 2 is 1.21 bits per heavy atom. The highest BCUT2D eigenvalue weighted by atomic mass is 16.1. The van der Waals surface area contributed by atoms with Crippen LogP contribution in [0.1, 0.15) is 137 Å². The molecule has 0 N–H and O–H groups in total. The summed E-state index contributed by atoms with van der Waals surface area (Å²) in [5, 5.41) is 0. The van der Waals surface area contributed by atoms with E-state index in [0.717, 1.165) is 29.7 Å². The molecule has 0 atom stereocenters. The Hall–Kier alpha value is -1.96. The van der Waals surface area contributed by atoms with Crippen LogP contribution < -0.4 is 0 Å². The van der Waals surface area contributed by atoms with Gasteiger partial charge in [0.15, 0.2) is 5.78 Å². The number of nitrogens with zero attached hydrogens (tertiary/aromatic N) is 1. The van der Waals surface area contributed by atoms with Crippen LogP contribution in [0.15, 0.2) is 42.6 Å². The molecular formula is C31H47NO. The van der Waals surface area contributed by atoms with E-state index in [0.29, 0.717) is 6.42 Å². The number of ketones is 1. The minimum atomic E-state index is 0.279. The van der Waals surface area contributed by atoms with E-state index >= 15 is 0 Å². The van der Waals surface area contributed by atoms with Gasteiger partial charge >= 0.3 is 0 Å². The number of hydrogen-bond donors (Lipinski definition) is 0. The Bertz CT molecular complexity index is 768. The van der Waals surface area contributed by atoms with Gasteiger partial charge in [0.05, 0.1) is 0 Å². The molecular weight excluding hydrogens is 402 g/mol. The van der Waals surface area contributed by atoms with E-state index < -0.39 is 0 Å². The third kappa shape index (κ3) is 11.6. The monoisotopic (exact) mass is 449 g/mol. The van der Waals surface area contributed by atoms with Crippen molar-refractivity contribution in [2.24, 2.45) is 0 Å². The lowest BCUT2D eigenvalue weighted by Crippen LogP contribution is -2.07. The molecule has 1 aromatic heterocycles. The van der Waals surface area contributed by atoms with Crippen molar-refractivity contribution in [2.45, 2.75) is 123 Å². The second-order valence-corrected chi connectivity index (χ2v) is 9.71. The van der Waals surface area contributed by atoms with Gasteiger partial charge in [-0.3, -0.25) is 9.78 Å². The normalized spacial score (nSPS) is 11.1. The lowest BCUT2D eigenvalue weighted by Gasteiger charge is -2.11. The lowest BCUT2D eigenvalue weighted by molar-refractivity contribution is 0.0978. The number of carbonyl (C=O) groups excluding carboxylic acids is 1. The molecule has 0 bridgehead atoms. The number of Topliss-reactive ketones (excluding diaryl/α,β-unsaturated/α-hetero) is 1. The number of aryl methyl sites for hydroxylation is 1. The molecule has 0 radical (unpaired) electrons. The van der Waals surface area contributed by atoms with Gasteiger partial charge in [-0.15, -0.1) is 0 Å². The first-order valence-electron chi connectivity index (χ1n) is 13.7. The minimum Gasteiger partial charge on any atom is -0.294 e. The van der Waals surface area contributed by atoms with Crippen LogP contribution in [0.3, 0.4) is 0 Å². The van der Waals surface area contributed by atoms with Crippen molar-refractivity contribution in [3.8, 4) is 0 Å². The summed E-state index contributed by atoms with van der Waals surface area (Å²) in [5.41, 5.74) is 4.17. The minimum absolute atomic E-state index is 0.279. The summed E-state index contributed by atoms with van der Waals surface area (Å²) >= 11 is 0. The Labute approximate surface area is 203 Å². The van der Waals surface area contributed by atoms with Crippen LogP contribution in [0.2, 0.25) is 0 Å². The van der Waals surface area contributed by atoms with E-state index in [1.165, 1.54) is 95.5 Å². The molecule has 0 spiro atoms. The SMILES string of the molecule is CCCCCCCCCCCCCCCCCC(=O)c1ccnc(C)c1Cc1ccccc1. The van der Waals surface area contributed by atoms with Crippen LogP contribution in [0.4, 0.5) is 0 Å². The molecule has 0 saturated carbocycles. The van der Waals surface area contributed by atoms with Crippen molar-refractivity contribution in [1.29, 1.82) is 0 Å². The van der Waals surface area contributed by atoms with Crippen LogP contribution in [0.25, 0.3) is 0 Å². The van der Waals surface area contributed by atoms with Crippen molar-refractivity contribution < 1.29 is 4.79 Å². The Morgan fingerprint density at radius 1 is 0.697 bits per heavy atom. The second kappa shape index (κ2) is 17.5. The second-order valence-electron chi connectivity index (χ2n) is 9.71. The third-order valence-corrected chi connectivity index (χ3v) is 6.80. The highest BCUT2D eigenvalue weighted by molar-refractivity contribution is 5.97. The zero-order valence-electron chi connectivity index (χ0n) is 21.4. The van der Waals surface area contributed by atoms with Gasteiger partial charge < -0.3 is 0 Å². The fourth-order valence-corrected chi connectivity index (χ4v) is 4.67. The molecule has 1 heterocycles. The van der Waals surface area contributed by atoms with Gasteiger partial charge in [-0.2, -0.15) is 0 Å². The molecule has 2 heteroatoms. The standard InChI is InChI=1S/C31H47NO/c1-3-4-5-6-7-8-9-10-11-12-13-14-15-16-20-23-31(33)29-24-25-32-27(2)30(29)26-28-21-18-17-19-22-28/h17-19,21-22,24-25H,3-16,20,23,26H2,1-2H3. The molecule has 2 nitrogen and oxygen atoms in total. The molecule has 1 aromatic carbocycles. The maximum atomic E-state index is 12.9. The molecule has 2 aromatic rings. The van der Waals surface area contributed by atoms with Gasteiger partial charge in [-0.1, -0.05) is 127 Å². The molecule has 0 aliphatic carbocycles. The number of rotatable bonds is 19. The van der Waals surface area contributed by atoms with E-state index in [2.05, 4.69) is 36.2 Å². The van der Waals surface area contributed by atoms with Gasteiger partial charge in [0, 0.05) is 23.9 Å². The average Bonchev–Trinajstić information content (AvgIpc) is 2.83. The van der Waals surface area contributed by atoms with Crippen LogP contribution in [-0.4, -0.2) is 10.8 Å². The summed E-state index contributed by atoms with van der Waals surface area (Å²) in [6.07, 6.45) is 23.4. The largest absolute Gasteiger partial charge is 0.294 e. The summed E-state index contributed by atoms with van der Waals surface area (Å²) in [5.74, 6) is 0.279. The Kier molecular flexibility index (Phi) is 14.5. The molecule has 0 saturated heterocycles. The van der Waals surface area contributed by atoms with Gasteiger partial charge in [0.1, 0.15) is 0 Å². The third-order valence-electron chi connectivity index (χ3n) is 6.80. The predicted octanol–water partition coefficient (Wildman–Crippen LogP) is 9.43. The highest BCUT2D eigenvalue weighted by Crippen LogP contribution is 2.20. The maximum Gasteiger partial charge on any atom is 0.163 e. The van der Waals surface area contributed by atoms with E-state index in [4.69, 9.17) is 0 Å². The lowest BCUT2D eigenvalue weighted by atomic mass is 9.94. The molecule has 0 aliphatic rings. The number of unbranched alkanes of at least 4 members (excludes halogenated alkanes) is 14. The molecule has 182 valence electrons. The fourth-order valence-electron chi connectivity index (χ4n) is 4.67. The van der Waals surface area contributed by atoms with Gasteiger partial charge in [0.25, 0.3) is 0 Å². The van der Waals surface area contributed by atoms with E-state index in [9.17, 15) is 4.79 Å². The number of aromatic nitrogens is 1. The van der Waals surface area contributed by atoms with Crippen molar-refractivity contribution in [3.63, 3.8) is 0 Å². The molecule has 0 fully saturated rings. The summed E-state index contributed by atoms with van der Waals surface area (Å²) < 4.78 is 0. The van der Waals surface area contributed by atoms with Crippen LogP contribution in [0.5, 0.6) is 0 Å².